The Morgan fingerprint density at radius 1 is 1.23 bits per heavy atom. The summed E-state index contributed by atoms with van der Waals surface area (Å²) in [6.07, 6.45) is 1.03. The lowest BCUT2D eigenvalue weighted by Crippen LogP contribution is -2.18. The maximum absolute atomic E-state index is 13.8. The average molecular weight is 308 g/mol. The lowest BCUT2D eigenvalue weighted by Gasteiger charge is -2.08. The number of hydrogen-bond acceptors (Lipinski definition) is 3. The molecule has 0 aliphatic heterocycles. The zero-order valence-corrected chi connectivity index (χ0v) is 11.0. The average Bonchev–Trinajstić information content (AvgIpc) is 2.47. The molecule has 0 bridgehead atoms. The summed E-state index contributed by atoms with van der Waals surface area (Å²) in [4.78, 5) is 27.0. The molecule has 2 heterocycles. The van der Waals surface area contributed by atoms with Crippen LogP contribution in [-0.2, 0) is 7.05 Å². The van der Waals surface area contributed by atoms with Crippen LogP contribution in [0, 0.1) is 17.5 Å². The van der Waals surface area contributed by atoms with Crippen LogP contribution in [0.3, 0.4) is 0 Å². The van der Waals surface area contributed by atoms with Gasteiger partial charge in [-0.05, 0) is 12.1 Å². The van der Waals surface area contributed by atoms with Gasteiger partial charge >= 0.3 is 5.97 Å². The Bertz CT molecular complexity index is 1030. The van der Waals surface area contributed by atoms with Crippen molar-refractivity contribution in [3.05, 3.63) is 51.6 Å². The Morgan fingerprint density at radius 2 is 1.91 bits per heavy atom. The summed E-state index contributed by atoms with van der Waals surface area (Å²) in [5.74, 6) is -5.98. The molecule has 0 amide bonds. The molecule has 0 aliphatic carbocycles. The van der Waals surface area contributed by atoms with Crippen LogP contribution in [0.5, 0.6) is 0 Å². The summed E-state index contributed by atoms with van der Waals surface area (Å²) >= 11 is 0. The van der Waals surface area contributed by atoms with E-state index in [4.69, 9.17) is 5.11 Å². The van der Waals surface area contributed by atoms with Crippen molar-refractivity contribution < 1.29 is 23.1 Å². The highest BCUT2D eigenvalue weighted by molar-refractivity contribution is 5.96. The van der Waals surface area contributed by atoms with Gasteiger partial charge in [0.1, 0.15) is 16.7 Å². The lowest BCUT2D eigenvalue weighted by molar-refractivity contribution is 0.0695. The molecular weight excluding hydrogens is 301 g/mol. The normalized spacial score (nSPS) is 11.3. The number of carboxylic acid groups (broad SMARTS) is 1. The molecule has 0 fully saturated rings. The molecule has 0 atom stereocenters. The molecule has 0 unspecified atom stereocenters. The van der Waals surface area contributed by atoms with E-state index in [0.717, 1.165) is 12.3 Å². The minimum Gasteiger partial charge on any atom is -0.477 e. The highest BCUT2D eigenvalue weighted by Crippen LogP contribution is 2.24. The topological polar surface area (TPSA) is 72.2 Å². The zero-order valence-electron chi connectivity index (χ0n) is 11.0. The smallest absolute Gasteiger partial charge is 0.341 e. The van der Waals surface area contributed by atoms with E-state index in [9.17, 15) is 22.8 Å². The van der Waals surface area contributed by atoms with Crippen molar-refractivity contribution in [3.8, 4) is 0 Å². The second-order valence-corrected chi connectivity index (χ2v) is 4.71. The highest BCUT2D eigenvalue weighted by Gasteiger charge is 2.19. The van der Waals surface area contributed by atoms with E-state index in [-0.39, 0.29) is 16.4 Å². The maximum atomic E-state index is 13.8. The molecule has 0 saturated heterocycles. The van der Waals surface area contributed by atoms with Crippen molar-refractivity contribution >= 4 is 27.9 Å². The molecule has 3 aromatic rings. The fourth-order valence-corrected chi connectivity index (χ4v) is 2.26. The number of halogens is 3. The second kappa shape index (κ2) is 4.55. The summed E-state index contributed by atoms with van der Waals surface area (Å²) in [7, 11) is 1.41. The van der Waals surface area contributed by atoms with Gasteiger partial charge in [-0.2, -0.15) is 0 Å². The van der Waals surface area contributed by atoms with E-state index in [0.29, 0.717) is 6.07 Å². The van der Waals surface area contributed by atoms with Crippen LogP contribution in [0.25, 0.3) is 21.9 Å². The van der Waals surface area contributed by atoms with Crippen LogP contribution in [-0.4, -0.2) is 20.6 Å². The van der Waals surface area contributed by atoms with Crippen LogP contribution in [0.2, 0.25) is 0 Å². The number of carbonyl (C=O) groups is 1. The van der Waals surface area contributed by atoms with Gasteiger partial charge in [0.05, 0.1) is 5.39 Å². The molecule has 112 valence electrons. The minimum absolute atomic E-state index is 0.0348. The minimum atomic E-state index is -1.66. The first-order valence-electron chi connectivity index (χ1n) is 6.02. The van der Waals surface area contributed by atoms with Crippen molar-refractivity contribution in [2.75, 3.05) is 0 Å². The van der Waals surface area contributed by atoms with Gasteiger partial charge < -0.3 is 9.67 Å². The number of hydrogen-bond donors (Lipinski definition) is 1. The van der Waals surface area contributed by atoms with Crippen LogP contribution in [0.4, 0.5) is 13.2 Å². The van der Waals surface area contributed by atoms with Gasteiger partial charge in [-0.1, -0.05) is 0 Å². The van der Waals surface area contributed by atoms with Gasteiger partial charge in [-0.25, -0.2) is 22.9 Å². The Balaban J connectivity index is 2.56. The lowest BCUT2D eigenvalue weighted by atomic mass is 10.1. The summed E-state index contributed by atoms with van der Waals surface area (Å²) in [6.45, 7) is 0. The standard InChI is InChI=1S/C14H7F3N2O3/c1-19-4-7(14(21)22)12(20)6-2-5-3-8(15)9(16)10(17)11(5)18-13(6)19/h2-4H,1H3,(H,21,22). The number of nitrogens with zero attached hydrogens (tertiary/aromatic N) is 2. The fraction of sp³-hybridized carbons (Fsp3) is 0.0714. The Hall–Kier alpha value is -2.90. The molecule has 0 aliphatic rings. The van der Waals surface area contributed by atoms with Crippen molar-refractivity contribution in [2.24, 2.45) is 7.05 Å². The largest absolute Gasteiger partial charge is 0.477 e. The Morgan fingerprint density at radius 3 is 2.55 bits per heavy atom. The van der Waals surface area contributed by atoms with Crippen LogP contribution in [0.15, 0.2) is 23.1 Å². The Kier molecular flexibility index (Phi) is 2.91. The summed E-state index contributed by atoms with van der Waals surface area (Å²) in [5, 5.41) is 8.72. The number of benzene rings is 1. The molecule has 1 N–H and O–H groups in total. The molecule has 5 nitrogen and oxygen atoms in total. The third-order valence-corrected chi connectivity index (χ3v) is 3.30. The number of aryl methyl sites for hydroxylation is 1. The van der Waals surface area contributed by atoms with E-state index in [1.165, 1.54) is 11.6 Å². The molecule has 22 heavy (non-hydrogen) atoms. The number of carboxylic acids is 1. The van der Waals surface area contributed by atoms with Gasteiger partial charge in [-0.3, -0.25) is 4.79 Å². The predicted molar refractivity (Wildman–Crippen MR) is 71.3 cm³/mol. The van der Waals surface area contributed by atoms with Crippen LogP contribution >= 0.6 is 0 Å². The predicted octanol–water partition coefficient (Wildman–Crippen LogP) is 2.20. The Labute approximate surface area is 120 Å². The molecule has 8 heteroatoms. The number of rotatable bonds is 1. The zero-order chi connectivity index (χ0) is 16.2. The van der Waals surface area contributed by atoms with Gasteiger partial charge in [0.2, 0.25) is 5.43 Å². The third kappa shape index (κ3) is 1.84. The quantitative estimate of drug-likeness (QED) is 0.552. The van der Waals surface area contributed by atoms with Crippen molar-refractivity contribution in [3.63, 3.8) is 0 Å². The maximum Gasteiger partial charge on any atom is 0.341 e. The highest BCUT2D eigenvalue weighted by atomic mass is 19.2. The molecule has 0 spiro atoms. The van der Waals surface area contributed by atoms with Crippen molar-refractivity contribution in [1.82, 2.24) is 9.55 Å². The first kappa shape index (κ1) is 14.1. The van der Waals surface area contributed by atoms with E-state index < -0.39 is 39.9 Å². The molecule has 3 rings (SSSR count). The van der Waals surface area contributed by atoms with Crippen molar-refractivity contribution in [1.29, 1.82) is 0 Å². The van der Waals surface area contributed by atoms with Crippen LogP contribution in [0.1, 0.15) is 10.4 Å². The number of aromatic nitrogens is 2. The molecule has 2 aromatic heterocycles. The first-order chi connectivity index (χ1) is 10.3. The molecular formula is C14H7F3N2O3. The monoisotopic (exact) mass is 308 g/mol. The molecule has 0 radical (unpaired) electrons. The summed E-state index contributed by atoms with van der Waals surface area (Å²) < 4.78 is 41.5. The van der Waals surface area contributed by atoms with Gasteiger partial charge in [0.15, 0.2) is 17.5 Å². The van der Waals surface area contributed by atoms with E-state index >= 15 is 0 Å². The van der Waals surface area contributed by atoms with Crippen LogP contribution < -0.4 is 5.43 Å². The summed E-state index contributed by atoms with van der Waals surface area (Å²) in [5.41, 5.74) is -1.81. The number of pyridine rings is 2. The fourth-order valence-electron chi connectivity index (χ4n) is 2.26. The summed E-state index contributed by atoms with van der Waals surface area (Å²) in [6, 6.07) is 1.80. The molecule has 0 saturated carbocycles. The van der Waals surface area contributed by atoms with Crippen molar-refractivity contribution in [2.45, 2.75) is 0 Å². The van der Waals surface area contributed by atoms with E-state index in [1.54, 1.807) is 0 Å². The second-order valence-electron chi connectivity index (χ2n) is 4.71. The molecule has 1 aromatic carbocycles. The third-order valence-electron chi connectivity index (χ3n) is 3.30. The van der Waals surface area contributed by atoms with E-state index in [1.807, 2.05) is 0 Å². The SMILES string of the molecule is Cn1cc(C(=O)O)c(=O)c2cc3cc(F)c(F)c(F)c3nc21. The van der Waals surface area contributed by atoms with Gasteiger partial charge in [0.25, 0.3) is 0 Å². The first-order valence-corrected chi connectivity index (χ1v) is 6.02. The number of aromatic carboxylic acids is 1. The number of fused-ring (bicyclic) bond motifs is 2. The van der Waals surface area contributed by atoms with Gasteiger partial charge in [0, 0.05) is 18.6 Å². The van der Waals surface area contributed by atoms with E-state index in [2.05, 4.69) is 4.98 Å². The van der Waals surface area contributed by atoms with Gasteiger partial charge in [-0.15, -0.1) is 0 Å².